The summed E-state index contributed by atoms with van der Waals surface area (Å²) in [6.07, 6.45) is 0.763. The maximum Gasteiger partial charge on any atom is 0.243 e. The molecule has 0 N–H and O–H groups in total. The summed E-state index contributed by atoms with van der Waals surface area (Å²) in [5.74, 6) is -0.359. The third-order valence-electron chi connectivity index (χ3n) is 6.19. The van der Waals surface area contributed by atoms with Crippen molar-refractivity contribution in [3.63, 3.8) is 0 Å². The normalized spacial score (nSPS) is 15.5. The van der Waals surface area contributed by atoms with Gasteiger partial charge in [-0.15, -0.1) is 0 Å². The lowest BCUT2D eigenvalue weighted by Gasteiger charge is -2.33. The Balaban J connectivity index is 1.55. The van der Waals surface area contributed by atoms with Gasteiger partial charge in [0, 0.05) is 32.1 Å². The zero-order valence-corrected chi connectivity index (χ0v) is 22.7. The number of aromatic nitrogens is 1. The van der Waals surface area contributed by atoms with E-state index in [1.165, 1.54) is 27.8 Å². The van der Waals surface area contributed by atoms with E-state index in [0.29, 0.717) is 47.4 Å². The average molecular weight is 555 g/mol. The number of hydrogen-bond donors (Lipinski definition) is 0. The molecule has 0 unspecified atom stereocenters. The van der Waals surface area contributed by atoms with Crippen LogP contribution in [-0.2, 0) is 14.8 Å². The molecule has 1 fully saturated rings. The highest BCUT2D eigenvalue weighted by atomic mass is 35.5. The molecule has 2 aromatic carbocycles. The van der Waals surface area contributed by atoms with E-state index in [0.717, 1.165) is 16.8 Å². The molecule has 4 rings (SSSR count). The number of rotatable bonds is 8. The number of methoxy groups -OCH3 is 1. The van der Waals surface area contributed by atoms with Gasteiger partial charge in [-0.25, -0.2) is 17.8 Å². The van der Waals surface area contributed by atoms with Crippen molar-refractivity contribution in [2.24, 2.45) is 5.92 Å². The van der Waals surface area contributed by atoms with Gasteiger partial charge in [0.05, 0.1) is 21.7 Å². The van der Waals surface area contributed by atoms with E-state index in [1.54, 1.807) is 24.1 Å². The summed E-state index contributed by atoms with van der Waals surface area (Å²) in [7, 11) is 1.67. The van der Waals surface area contributed by atoms with Gasteiger partial charge in [-0.3, -0.25) is 9.69 Å². The summed E-state index contributed by atoms with van der Waals surface area (Å²) >= 11 is 7.73. The Bertz CT molecular complexity index is 1340. The lowest BCUT2D eigenvalue weighted by Crippen LogP contribution is -2.46. The first kappa shape index (κ1) is 26.7. The van der Waals surface area contributed by atoms with E-state index in [1.807, 2.05) is 19.0 Å². The van der Waals surface area contributed by atoms with Crippen molar-refractivity contribution in [2.45, 2.75) is 17.7 Å². The quantitative estimate of drug-likeness (QED) is 0.417. The largest absolute Gasteiger partial charge is 0.494 e. The van der Waals surface area contributed by atoms with Crippen molar-refractivity contribution in [3.05, 3.63) is 47.2 Å². The standard InChI is InChI=1S/C24H28ClFN4O4S2/c1-28(2)14-15-30(24-27-21-20(34-3)9-8-19(25)22(21)35-24)23(31)16-10-12-29(13-11-16)36(32,33)18-6-4-17(26)5-7-18/h4-9,16H,10-15H2,1-3H3. The summed E-state index contributed by atoms with van der Waals surface area (Å²) in [4.78, 5) is 22.1. The average Bonchev–Trinajstić information content (AvgIpc) is 3.30. The second kappa shape index (κ2) is 11.0. The second-order valence-corrected chi connectivity index (χ2v) is 12.2. The lowest BCUT2D eigenvalue weighted by atomic mass is 9.96. The number of hydrogen-bond acceptors (Lipinski definition) is 7. The molecule has 0 aliphatic carbocycles. The van der Waals surface area contributed by atoms with Crippen LogP contribution in [0, 0.1) is 11.7 Å². The molecule has 0 saturated carbocycles. The number of carbonyl (C=O) groups excluding carboxylic acids is 1. The van der Waals surface area contributed by atoms with E-state index in [-0.39, 0.29) is 29.8 Å². The number of carbonyl (C=O) groups is 1. The van der Waals surface area contributed by atoms with Crippen LogP contribution in [0.25, 0.3) is 10.2 Å². The predicted octanol–water partition coefficient (Wildman–Crippen LogP) is 4.09. The summed E-state index contributed by atoms with van der Waals surface area (Å²) in [6.45, 7) is 1.47. The molecule has 1 amide bonds. The zero-order chi connectivity index (χ0) is 26.0. The predicted molar refractivity (Wildman–Crippen MR) is 140 cm³/mol. The maximum atomic E-state index is 13.7. The Hall–Kier alpha value is -2.31. The van der Waals surface area contributed by atoms with Crippen molar-refractivity contribution in [2.75, 3.05) is 52.3 Å². The van der Waals surface area contributed by atoms with E-state index >= 15 is 0 Å². The van der Waals surface area contributed by atoms with Crippen LogP contribution in [0.2, 0.25) is 5.02 Å². The Morgan fingerprint density at radius 3 is 2.44 bits per heavy atom. The Kier molecular flexibility index (Phi) is 8.15. The van der Waals surface area contributed by atoms with Crippen LogP contribution in [-0.4, -0.2) is 75.9 Å². The first-order valence-electron chi connectivity index (χ1n) is 11.5. The highest BCUT2D eigenvalue weighted by Gasteiger charge is 2.35. The molecular weight excluding hydrogens is 527 g/mol. The number of nitrogens with zero attached hydrogens (tertiary/aromatic N) is 4. The number of piperidine rings is 1. The highest BCUT2D eigenvalue weighted by molar-refractivity contribution is 7.89. The Morgan fingerprint density at radius 1 is 1.17 bits per heavy atom. The first-order valence-corrected chi connectivity index (χ1v) is 14.1. The minimum Gasteiger partial charge on any atom is -0.494 e. The maximum absolute atomic E-state index is 13.7. The fourth-order valence-corrected chi connectivity index (χ4v) is 6.90. The number of sulfonamides is 1. The molecule has 1 saturated heterocycles. The molecule has 12 heteroatoms. The van der Waals surface area contributed by atoms with Crippen molar-refractivity contribution >= 4 is 54.2 Å². The summed E-state index contributed by atoms with van der Waals surface area (Å²) in [5.41, 5.74) is 0.605. The van der Waals surface area contributed by atoms with Gasteiger partial charge in [0.1, 0.15) is 17.1 Å². The molecule has 194 valence electrons. The van der Waals surface area contributed by atoms with Crippen molar-refractivity contribution in [1.29, 1.82) is 0 Å². The third-order valence-corrected chi connectivity index (χ3v) is 9.64. The minimum absolute atomic E-state index is 0.0431. The van der Waals surface area contributed by atoms with Gasteiger partial charge in [0.2, 0.25) is 15.9 Å². The Morgan fingerprint density at radius 2 is 1.83 bits per heavy atom. The van der Waals surface area contributed by atoms with Gasteiger partial charge >= 0.3 is 0 Å². The van der Waals surface area contributed by atoms with Gasteiger partial charge in [-0.2, -0.15) is 4.31 Å². The molecule has 8 nitrogen and oxygen atoms in total. The van der Waals surface area contributed by atoms with Gasteiger partial charge < -0.3 is 9.64 Å². The zero-order valence-electron chi connectivity index (χ0n) is 20.3. The minimum atomic E-state index is -3.76. The fourth-order valence-electron chi connectivity index (χ4n) is 4.14. The molecule has 0 spiro atoms. The number of ether oxygens (including phenoxy) is 1. The monoisotopic (exact) mass is 554 g/mol. The number of fused-ring (bicyclic) bond motifs is 1. The molecule has 0 radical (unpaired) electrons. The summed E-state index contributed by atoms with van der Waals surface area (Å²) in [6, 6.07) is 8.27. The van der Waals surface area contributed by atoms with E-state index < -0.39 is 15.8 Å². The van der Waals surface area contributed by atoms with Crippen molar-refractivity contribution in [1.82, 2.24) is 14.2 Å². The van der Waals surface area contributed by atoms with Crippen LogP contribution >= 0.6 is 22.9 Å². The summed E-state index contributed by atoms with van der Waals surface area (Å²) in [5, 5.41) is 1.07. The molecule has 3 aromatic rings. The molecule has 2 heterocycles. The first-order chi connectivity index (χ1) is 17.1. The Labute approximate surface area is 219 Å². The molecule has 1 aromatic heterocycles. The van der Waals surface area contributed by atoms with Crippen LogP contribution in [0.4, 0.5) is 9.52 Å². The van der Waals surface area contributed by atoms with Gasteiger partial charge in [0.15, 0.2) is 5.13 Å². The fraction of sp³-hybridized carbons (Fsp3) is 0.417. The lowest BCUT2D eigenvalue weighted by molar-refractivity contribution is -0.123. The van der Waals surface area contributed by atoms with E-state index in [2.05, 4.69) is 0 Å². The third kappa shape index (κ3) is 5.50. The highest BCUT2D eigenvalue weighted by Crippen LogP contribution is 2.39. The van der Waals surface area contributed by atoms with Crippen LogP contribution in [0.1, 0.15) is 12.8 Å². The van der Waals surface area contributed by atoms with Crippen LogP contribution in [0.5, 0.6) is 5.75 Å². The molecule has 1 aliphatic rings. The van der Waals surface area contributed by atoms with Crippen LogP contribution < -0.4 is 9.64 Å². The van der Waals surface area contributed by atoms with Crippen LogP contribution in [0.15, 0.2) is 41.3 Å². The topological polar surface area (TPSA) is 83.0 Å². The number of anilines is 1. The van der Waals surface area contributed by atoms with Gasteiger partial charge in [-0.1, -0.05) is 22.9 Å². The number of halogens is 2. The number of benzene rings is 2. The van der Waals surface area contributed by atoms with Crippen LogP contribution in [0.3, 0.4) is 0 Å². The number of amides is 1. The molecular formula is C24H28ClFN4O4S2. The van der Waals surface area contributed by atoms with E-state index in [4.69, 9.17) is 21.3 Å². The molecule has 0 bridgehead atoms. The molecule has 1 aliphatic heterocycles. The van der Waals surface area contributed by atoms with Gasteiger partial charge in [-0.05, 0) is 63.3 Å². The van der Waals surface area contributed by atoms with Crippen molar-refractivity contribution < 1.29 is 22.3 Å². The number of likely N-dealkylation sites (N-methyl/N-ethyl adjacent to an activating group) is 1. The van der Waals surface area contributed by atoms with E-state index in [9.17, 15) is 17.6 Å². The number of thiazole rings is 1. The second-order valence-electron chi connectivity index (χ2n) is 8.85. The molecule has 0 atom stereocenters. The smallest absolute Gasteiger partial charge is 0.243 e. The summed E-state index contributed by atoms with van der Waals surface area (Å²) < 4.78 is 46.7. The SMILES string of the molecule is COc1ccc(Cl)c2sc(N(CCN(C)C)C(=O)C3CCN(S(=O)(=O)c4ccc(F)cc4)CC3)nc12. The molecule has 36 heavy (non-hydrogen) atoms. The van der Waals surface area contributed by atoms with Gasteiger partial charge in [0.25, 0.3) is 0 Å². The van der Waals surface area contributed by atoms with Crippen molar-refractivity contribution in [3.8, 4) is 5.75 Å².